The van der Waals surface area contributed by atoms with Gasteiger partial charge in [0.15, 0.2) is 11.6 Å². The molecule has 3 nitrogen and oxygen atoms in total. The number of aromatic nitrogens is 1. The minimum atomic E-state index is 0.517. The third-order valence-electron chi connectivity index (χ3n) is 3.53. The molecule has 1 heterocycles. The minimum absolute atomic E-state index is 0.517. The summed E-state index contributed by atoms with van der Waals surface area (Å²) in [5.41, 5.74) is 10.8. The van der Waals surface area contributed by atoms with Crippen molar-refractivity contribution in [1.82, 2.24) is 5.16 Å². The number of benzene rings is 1. The first-order chi connectivity index (χ1) is 8.29. The average molecular weight is 228 g/mol. The van der Waals surface area contributed by atoms with Gasteiger partial charge in [0, 0.05) is 11.1 Å². The smallest absolute Gasteiger partial charge is 0.172 e. The Hall–Kier alpha value is -1.77. The Morgan fingerprint density at radius 3 is 2.94 bits per heavy atom. The van der Waals surface area contributed by atoms with Crippen LogP contribution in [0.1, 0.15) is 30.0 Å². The van der Waals surface area contributed by atoms with Gasteiger partial charge in [-0.25, -0.2) is 0 Å². The number of nitrogen functional groups attached to an aromatic ring is 1. The van der Waals surface area contributed by atoms with Crippen LogP contribution in [-0.4, -0.2) is 5.16 Å². The normalized spacial score (nSPS) is 13.9. The van der Waals surface area contributed by atoms with Gasteiger partial charge in [-0.05, 0) is 42.9 Å². The molecule has 1 aliphatic rings. The lowest BCUT2D eigenvalue weighted by Gasteiger charge is -2.03. The summed E-state index contributed by atoms with van der Waals surface area (Å²) in [5, 5.41) is 3.86. The summed E-state index contributed by atoms with van der Waals surface area (Å²) in [6.45, 7) is 2.07. The number of nitrogens with zero attached hydrogens (tertiary/aromatic N) is 1. The molecule has 88 valence electrons. The van der Waals surface area contributed by atoms with Crippen molar-refractivity contribution in [3.05, 3.63) is 34.9 Å². The van der Waals surface area contributed by atoms with E-state index in [0.29, 0.717) is 5.82 Å². The van der Waals surface area contributed by atoms with E-state index in [-0.39, 0.29) is 0 Å². The molecule has 0 aliphatic heterocycles. The highest BCUT2D eigenvalue weighted by atomic mass is 16.5. The molecular weight excluding hydrogens is 212 g/mol. The maximum atomic E-state index is 5.80. The molecule has 2 aromatic rings. The van der Waals surface area contributed by atoms with Crippen LogP contribution in [0.5, 0.6) is 0 Å². The first-order valence-electron chi connectivity index (χ1n) is 6.15. The van der Waals surface area contributed by atoms with E-state index in [0.717, 1.165) is 23.3 Å². The Morgan fingerprint density at radius 2 is 2.12 bits per heavy atom. The molecule has 0 unspecified atom stereocenters. The molecule has 1 aliphatic carbocycles. The maximum Gasteiger partial charge on any atom is 0.172 e. The van der Waals surface area contributed by atoms with Gasteiger partial charge in [-0.15, -0.1) is 0 Å². The summed E-state index contributed by atoms with van der Waals surface area (Å²) in [7, 11) is 0. The van der Waals surface area contributed by atoms with E-state index in [2.05, 4.69) is 30.3 Å². The van der Waals surface area contributed by atoms with Crippen LogP contribution in [0, 0.1) is 0 Å². The standard InChI is InChI=1S/C14H16N2O/c1-2-12-13(17-16-14(12)15)11-7-6-9-4-3-5-10(9)8-11/h6-8H,2-5H2,1H3,(H2,15,16). The molecule has 3 heteroatoms. The van der Waals surface area contributed by atoms with Crippen LogP contribution in [0.25, 0.3) is 11.3 Å². The fraction of sp³-hybridized carbons (Fsp3) is 0.357. The van der Waals surface area contributed by atoms with E-state index in [1.807, 2.05) is 0 Å². The van der Waals surface area contributed by atoms with E-state index in [1.165, 1.54) is 30.4 Å². The Labute approximate surface area is 101 Å². The monoisotopic (exact) mass is 228 g/mol. The van der Waals surface area contributed by atoms with Crippen LogP contribution in [0.15, 0.2) is 22.7 Å². The van der Waals surface area contributed by atoms with Crippen molar-refractivity contribution in [1.29, 1.82) is 0 Å². The summed E-state index contributed by atoms with van der Waals surface area (Å²) in [5.74, 6) is 1.35. The second kappa shape index (κ2) is 3.91. The molecule has 0 fully saturated rings. The molecule has 0 atom stereocenters. The van der Waals surface area contributed by atoms with E-state index < -0.39 is 0 Å². The number of anilines is 1. The fourth-order valence-corrected chi connectivity index (χ4v) is 2.60. The molecule has 3 rings (SSSR count). The van der Waals surface area contributed by atoms with Gasteiger partial charge in [0.25, 0.3) is 0 Å². The number of hydrogen-bond acceptors (Lipinski definition) is 3. The molecule has 0 radical (unpaired) electrons. The molecule has 1 aromatic carbocycles. The topological polar surface area (TPSA) is 52.0 Å². The van der Waals surface area contributed by atoms with Crippen LogP contribution in [0.2, 0.25) is 0 Å². The van der Waals surface area contributed by atoms with Crippen molar-refractivity contribution in [3.63, 3.8) is 0 Å². The van der Waals surface area contributed by atoms with E-state index >= 15 is 0 Å². The van der Waals surface area contributed by atoms with Gasteiger partial charge in [-0.3, -0.25) is 0 Å². The second-order valence-corrected chi connectivity index (χ2v) is 4.57. The van der Waals surface area contributed by atoms with E-state index in [9.17, 15) is 0 Å². The third kappa shape index (κ3) is 1.62. The van der Waals surface area contributed by atoms with Crippen molar-refractivity contribution >= 4 is 5.82 Å². The number of hydrogen-bond donors (Lipinski definition) is 1. The molecule has 0 saturated heterocycles. The molecule has 0 saturated carbocycles. The van der Waals surface area contributed by atoms with E-state index in [1.54, 1.807) is 0 Å². The first-order valence-corrected chi connectivity index (χ1v) is 6.15. The number of fused-ring (bicyclic) bond motifs is 1. The highest BCUT2D eigenvalue weighted by molar-refractivity contribution is 5.67. The highest BCUT2D eigenvalue weighted by Gasteiger charge is 2.17. The number of rotatable bonds is 2. The summed E-state index contributed by atoms with van der Waals surface area (Å²) in [6, 6.07) is 6.54. The van der Waals surface area contributed by atoms with Crippen molar-refractivity contribution in [2.75, 3.05) is 5.73 Å². The summed E-state index contributed by atoms with van der Waals surface area (Å²) >= 11 is 0. The zero-order valence-corrected chi connectivity index (χ0v) is 9.99. The Bertz CT molecular complexity index is 557. The van der Waals surface area contributed by atoms with Crippen molar-refractivity contribution < 1.29 is 4.52 Å². The summed E-state index contributed by atoms with van der Waals surface area (Å²) in [4.78, 5) is 0. The van der Waals surface area contributed by atoms with Crippen LogP contribution < -0.4 is 5.73 Å². The lowest BCUT2D eigenvalue weighted by Crippen LogP contribution is -1.91. The Balaban J connectivity index is 2.09. The average Bonchev–Trinajstić information content (AvgIpc) is 2.93. The largest absolute Gasteiger partial charge is 0.381 e. The van der Waals surface area contributed by atoms with Crippen molar-refractivity contribution in [2.24, 2.45) is 0 Å². The van der Waals surface area contributed by atoms with Crippen molar-refractivity contribution in [2.45, 2.75) is 32.6 Å². The molecule has 1 aromatic heterocycles. The Morgan fingerprint density at radius 1 is 1.29 bits per heavy atom. The lowest BCUT2D eigenvalue weighted by molar-refractivity contribution is 0.435. The molecule has 0 bridgehead atoms. The maximum absolute atomic E-state index is 5.80. The molecule has 17 heavy (non-hydrogen) atoms. The Kier molecular flexibility index (Phi) is 2.39. The van der Waals surface area contributed by atoms with Crippen LogP contribution in [0.3, 0.4) is 0 Å². The molecule has 2 N–H and O–H groups in total. The minimum Gasteiger partial charge on any atom is -0.381 e. The summed E-state index contributed by atoms with van der Waals surface area (Å²) < 4.78 is 5.36. The second-order valence-electron chi connectivity index (χ2n) is 4.57. The predicted octanol–water partition coefficient (Wildman–Crippen LogP) is 2.97. The molecule has 0 spiro atoms. The number of aryl methyl sites for hydroxylation is 2. The quantitative estimate of drug-likeness (QED) is 0.859. The van der Waals surface area contributed by atoms with Gasteiger partial charge >= 0.3 is 0 Å². The van der Waals surface area contributed by atoms with Crippen LogP contribution in [-0.2, 0) is 19.3 Å². The van der Waals surface area contributed by atoms with Gasteiger partial charge in [0.2, 0.25) is 0 Å². The predicted molar refractivity (Wildman–Crippen MR) is 67.8 cm³/mol. The zero-order valence-electron chi connectivity index (χ0n) is 9.99. The highest BCUT2D eigenvalue weighted by Crippen LogP contribution is 2.32. The van der Waals surface area contributed by atoms with Gasteiger partial charge in [-0.1, -0.05) is 24.2 Å². The van der Waals surface area contributed by atoms with Crippen LogP contribution >= 0.6 is 0 Å². The zero-order chi connectivity index (χ0) is 11.8. The summed E-state index contributed by atoms with van der Waals surface area (Å²) in [6.07, 6.45) is 4.49. The number of nitrogens with two attached hydrogens (primary N) is 1. The first kappa shape index (κ1) is 10.4. The van der Waals surface area contributed by atoms with Gasteiger partial charge < -0.3 is 10.3 Å². The van der Waals surface area contributed by atoms with E-state index in [4.69, 9.17) is 10.3 Å². The third-order valence-corrected chi connectivity index (χ3v) is 3.53. The van der Waals surface area contributed by atoms with Crippen molar-refractivity contribution in [3.8, 4) is 11.3 Å². The molecule has 0 amide bonds. The lowest BCUT2D eigenvalue weighted by atomic mass is 10.0. The van der Waals surface area contributed by atoms with Gasteiger partial charge in [-0.2, -0.15) is 0 Å². The van der Waals surface area contributed by atoms with Gasteiger partial charge in [0.1, 0.15) is 0 Å². The molecular formula is C14H16N2O. The van der Waals surface area contributed by atoms with Crippen LogP contribution in [0.4, 0.5) is 5.82 Å². The fourth-order valence-electron chi connectivity index (χ4n) is 2.60. The SMILES string of the molecule is CCc1c(N)noc1-c1ccc2c(c1)CCC2. The van der Waals surface area contributed by atoms with Gasteiger partial charge in [0.05, 0.1) is 0 Å².